The van der Waals surface area contributed by atoms with Crippen LogP contribution in [0, 0.1) is 0 Å². The highest BCUT2D eigenvalue weighted by atomic mass is 16.1. The van der Waals surface area contributed by atoms with Gasteiger partial charge < -0.3 is 10.7 Å². The first-order valence-electron chi connectivity index (χ1n) is 6.55. The Morgan fingerprint density at radius 3 is 2.42 bits per heavy atom. The number of rotatable bonds is 4. The molecule has 3 N–H and O–H groups in total. The second-order valence-corrected chi connectivity index (χ2v) is 4.71. The molecule has 0 aliphatic rings. The lowest BCUT2D eigenvalue weighted by Gasteiger charge is -2.25. The van der Waals surface area contributed by atoms with Crippen molar-refractivity contribution in [2.24, 2.45) is 5.73 Å². The van der Waals surface area contributed by atoms with Gasteiger partial charge in [-0.1, -0.05) is 44.2 Å². The Kier molecular flexibility index (Phi) is 3.81. The topological polar surface area (TPSA) is 71.8 Å². The summed E-state index contributed by atoms with van der Waals surface area (Å²) in [6.45, 7) is 4.00. The number of nitrogens with one attached hydrogen (secondary N) is 1. The van der Waals surface area contributed by atoms with Crippen molar-refractivity contribution in [3.63, 3.8) is 0 Å². The number of hydrogen-bond acceptors (Lipinski definition) is 3. The van der Waals surface area contributed by atoms with Crippen molar-refractivity contribution in [1.82, 2.24) is 9.97 Å². The van der Waals surface area contributed by atoms with Crippen LogP contribution < -0.4 is 11.3 Å². The molecule has 0 aliphatic carbocycles. The van der Waals surface area contributed by atoms with Gasteiger partial charge in [0.1, 0.15) is 5.82 Å². The molecule has 0 radical (unpaired) electrons. The summed E-state index contributed by atoms with van der Waals surface area (Å²) < 4.78 is 0. The zero-order valence-corrected chi connectivity index (χ0v) is 11.3. The lowest BCUT2D eigenvalue weighted by Crippen LogP contribution is -2.38. The molecule has 2 aromatic rings. The Morgan fingerprint density at radius 2 is 1.84 bits per heavy atom. The average molecular weight is 257 g/mol. The van der Waals surface area contributed by atoms with Crippen molar-refractivity contribution in [2.75, 3.05) is 0 Å². The van der Waals surface area contributed by atoms with Crippen molar-refractivity contribution in [1.29, 1.82) is 0 Å². The maximum atomic E-state index is 11.8. The minimum absolute atomic E-state index is 0.166. The maximum Gasteiger partial charge on any atom is 0.251 e. The summed E-state index contributed by atoms with van der Waals surface area (Å²) in [5.41, 5.74) is 7.14. The second kappa shape index (κ2) is 5.36. The summed E-state index contributed by atoms with van der Waals surface area (Å²) in [6.07, 6.45) is 1.45. The van der Waals surface area contributed by atoms with Gasteiger partial charge in [0.15, 0.2) is 0 Å². The van der Waals surface area contributed by atoms with Crippen LogP contribution in [0.25, 0.3) is 11.3 Å². The molecular formula is C15H19N3O. The minimum atomic E-state index is -0.579. The smallest absolute Gasteiger partial charge is 0.251 e. The highest BCUT2D eigenvalue weighted by Crippen LogP contribution is 2.23. The van der Waals surface area contributed by atoms with Crippen LogP contribution in [0.3, 0.4) is 0 Å². The molecular weight excluding hydrogens is 238 g/mol. The molecule has 0 fully saturated rings. The van der Waals surface area contributed by atoms with E-state index >= 15 is 0 Å². The Labute approximate surface area is 112 Å². The van der Waals surface area contributed by atoms with Gasteiger partial charge in [0, 0.05) is 11.6 Å². The number of nitrogens with two attached hydrogens (primary N) is 1. The summed E-state index contributed by atoms with van der Waals surface area (Å²) in [5, 5.41) is 0. The van der Waals surface area contributed by atoms with E-state index in [1.807, 2.05) is 44.2 Å². The van der Waals surface area contributed by atoms with Gasteiger partial charge >= 0.3 is 0 Å². The van der Waals surface area contributed by atoms with Crippen LogP contribution in [0.1, 0.15) is 32.5 Å². The van der Waals surface area contributed by atoms with Crippen molar-refractivity contribution in [3.8, 4) is 11.3 Å². The van der Waals surface area contributed by atoms with Gasteiger partial charge in [0.25, 0.3) is 5.56 Å². The molecule has 1 aromatic carbocycles. The Hall–Kier alpha value is -1.94. The molecule has 1 aromatic heterocycles. The van der Waals surface area contributed by atoms with Crippen LogP contribution >= 0.6 is 0 Å². The lowest BCUT2D eigenvalue weighted by molar-refractivity contribution is 0.386. The number of benzene rings is 1. The number of hydrogen-bond donors (Lipinski definition) is 2. The zero-order chi connectivity index (χ0) is 13.9. The molecule has 2 rings (SSSR count). The van der Waals surface area contributed by atoms with E-state index in [2.05, 4.69) is 9.97 Å². The average Bonchev–Trinajstić information content (AvgIpc) is 2.46. The summed E-state index contributed by atoms with van der Waals surface area (Å²) >= 11 is 0. The first-order chi connectivity index (χ1) is 9.09. The molecule has 4 nitrogen and oxygen atoms in total. The second-order valence-electron chi connectivity index (χ2n) is 4.71. The highest BCUT2D eigenvalue weighted by molar-refractivity contribution is 5.58. The van der Waals surface area contributed by atoms with Gasteiger partial charge in [0.2, 0.25) is 0 Å². The van der Waals surface area contributed by atoms with E-state index < -0.39 is 5.54 Å². The van der Waals surface area contributed by atoms with Gasteiger partial charge in [-0.15, -0.1) is 0 Å². The molecule has 0 spiro atoms. The van der Waals surface area contributed by atoms with Crippen LogP contribution in [0.2, 0.25) is 0 Å². The van der Waals surface area contributed by atoms with Crippen LogP contribution in [-0.2, 0) is 5.54 Å². The highest BCUT2D eigenvalue weighted by Gasteiger charge is 2.26. The summed E-state index contributed by atoms with van der Waals surface area (Å²) in [4.78, 5) is 19.1. The van der Waals surface area contributed by atoms with E-state index in [0.29, 0.717) is 11.5 Å². The molecule has 0 bridgehead atoms. The molecule has 0 unspecified atom stereocenters. The number of aromatic amines is 1. The minimum Gasteiger partial charge on any atom is -0.319 e. The monoisotopic (exact) mass is 257 g/mol. The fourth-order valence-corrected chi connectivity index (χ4v) is 2.04. The molecule has 4 heteroatoms. The number of nitrogens with zero attached hydrogens (tertiary/aromatic N) is 1. The molecule has 0 atom stereocenters. The Balaban J connectivity index is 2.55. The van der Waals surface area contributed by atoms with Crippen LogP contribution in [-0.4, -0.2) is 9.97 Å². The quantitative estimate of drug-likeness (QED) is 0.883. The predicted molar refractivity (Wildman–Crippen MR) is 76.7 cm³/mol. The Morgan fingerprint density at radius 1 is 1.21 bits per heavy atom. The van der Waals surface area contributed by atoms with Crippen LogP contribution in [0.4, 0.5) is 0 Å². The van der Waals surface area contributed by atoms with E-state index in [1.165, 1.54) is 6.07 Å². The first kappa shape index (κ1) is 13.5. The number of H-pyrrole nitrogens is 1. The van der Waals surface area contributed by atoms with Crippen molar-refractivity contribution < 1.29 is 0 Å². The summed E-state index contributed by atoms with van der Waals surface area (Å²) in [6, 6.07) is 11.1. The molecule has 100 valence electrons. The van der Waals surface area contributed by atoms with E-state index in [4.69, 9.17) is 5.73 Å². The van der Waals surface area contributed by atoms with Crippen LogP contribution in [0.5, 0.6) is 0 Å². The van der Waals surface area contributed by atoms with E-state index in [0.717, 1.165) is 18.4 Å². The lowest BCUT2D eigenvalue weighted by atomic mass is 9.93. The molecule has 0 amide bonds. The molecule has 1 heterocycles. The van der Waals surface area contributed by atoms with Crippen molar-refractivity contribution in [3.05, 3.63) is 52.6 Å². The molecule has 19 heavy (non-hydrogen) atoms. The van der Waals surface area contributed by atoms with Crippen molar-refractivity contribution >= 4 is 0 Å². The molecule has 0 aliphatic heterocycles. The van der Waals surface area contributed by atoms with Crippen molar-refractivity contribution in [2.45, 2.75) is 32.2 Å². The molecule has 0 saturated heterocycles. The van der Waals surface area contributed by atoms with E-state index in [9.17, 15) is 4.79 Å². The first-order valence-corrected chi connectivity index (χ1v) is 6.55. The summed E-state index contributed by atoms with van der Waals surface area (Å²) in [7, 11) is 0. The number of aromatic nitrogens is 2. The van der Waals surface area contributed by atoms with Gasteiger partial charge in [0.05, 0.1) is 11.2 Å². The third kappa shape index (κ3) is 2.74. The van der Waals surface area contributed by atoms with E-state index in [-0.39, 0.29) is 5.56 Å². The van der Waals surface area contributed by atoms with Gasteiger partial charge in [-0.25, -0.2) is 4.98 Å². The maximum absolute atomic E-state index is 11.8. The van der Waals surface area contributed by atoms with Gasteiger partial charge in [-0.05, 0) is 12.8 Å². The van der Waals surface area contributed by atoms with Crippen LogP contribution in [0.15, 0.2) is 41.2 Å². The third-order valence-electron chi connectivity index (χ3n) is 3.54. The predicted octanol–water partition coefficient (Wildman–Crippen LogP) is 2.41. The fraction of sp³-hybridized carbons (Fsp3) is 0.333. The van der Waals surface area contributed by atoms with E-state index in [1.54, 1.807) is 0 Å². The van der Waals surface area contributed by atoms with Gasteiger partial charge in [-0.2, -0.15) is 0 Å². The normalized spacial score (nSPS) is 11.5. The third-order valence-corrected chi connectivity index (χ3v) is 3.54. The fourth-order valence-electron chi connectivity index (χ4n) is 2.04. The SMILES string of the molecule is CCC(N)(CC)c1nc(-c2ccccc2)cc(=O)[nH]1. The summed E-state index contributed by atoms with van der Waals surface area (Å²) in [5.74, 6) is 0.559. The zero-order valence-electron chi connectivity index (χ0n) is 11.3. The molecule has 0 saturated carbocycles. The van der Waals surface area contributed by atoms with Gasteiger partial charge in [-0.3, -0.25) is 4.79 Å². The standard InChI is InChI=1S/C15H19N3O/c1-3-15(16,4-2)14-17-12(10-13(19)18-14)11-8-6-5-7-9-11/h5-10H,3-4,16H2,1-2H3,(H,17,18,19). The largest absolute Gasteiger partial charge is 0.319 e. The Bertz CT molecular complexity index is 600.